The van der Waals surface area contributed by atoms with Gasteiger partial charge in [0.05, 0.1) is 6.42 Å². The Labute approximate surface area is 94.1 Å². The summed E-state index contributed by atoms with van der Waals surface area (Å²) in [5.41, 5.74) is 1.69. The Balaban J connectivity index is 1.95. The second-order valence-electron chi connectivity index (χ2n) is 3.37. The zero-order valence-electron chi connectivity index (χ0n) is 8.68. The SMILES string of the molecule is O=C(Cc1cccnc1)Nc1cc[c]cc1. The number of nitrogens with one attached hydrogen (secondary N) is 1. The van der Waals surface area contributed by atoms with Gasteiger partial charge in [0, 0.05) is 18.1 Å². The summed E-state index contributed by atoms with van der Waals surface area (Å²) in [7, 11) is 0. The number of rotatable bonds is 3. The van der Waals surface area contributed by atoms with Crippen molar-refractivity contribution in [1.82, 2.24) is 4.98 Å². The molecule has 0 fully saturated rings. The van der Waals surface area contributed by atoms with E-state index in [1.807, 2.05) is 12.1 Å². The maximum atomic E-state index is 11.6. The number of aromatic nitrogens is 1. The fourth-order valence-electron chi connectivity index (χ4n) is 1.36. The maximum Gasteiger partial charge on any atom is 0.228 e. The Morgan fingerprint density at radius 3 is 2.81 bits per heavy atom. The number of carbonyl (C=O) groups excluding carboxylic acids is 1. The summed E-state index contributed by atoms with van der Waals surface area (Å²) in [6.45, 7) is 0. The number of amides is 1. The zero-order valence-corrected chi connectivity index (χ0v) is 8.68. The van der Waals surface area contributed by atoms with E-state index in [0.29, 0.717) is 6.42 Å². The molecule has 1 heterocycles. The quantitative estimate of drug-likeness (QED) is 0.844. The average molecular weight is 211 g/mol. The molecule has 1 aromatic carbocycles. The van der Waals surface area contributed by atoms with Gasteiger partial charge < -0.3 is 5.32 Å². The highest BCUT2D eigenvalue weighted by molar-refractivity contribution is 5.92. The van der Waals surface area contributed by atoms with Crippen molar-refractivity contribution in [3.8, 4) is 0 Å². The van der Waals surface area contributed by atoms with Crippen LogP contribution in [-0.2, 0) is 11.2 Å². The Morgan fingerprint density at radius 2 is 2.12 bits per heavy atom. The van der Waals surface area contributed by atoms with E-state index >= 15 is 0 Å². The van der Waals surface area contributed by atoms with Crippen LogP contribution in [-0.4, -0.2) is 10.9 Å². The molecule has 0 unspecified atom stereocenters. The van der Waals surface area contributed by atoms with Crippen LogP contribution < -0.4 is 5.32 Å². The van der Waals surface area contributed by atoms with Gasteiger partial charge in [0.1, 0.15) is 0 Å². The average Bonchev–Trinajstić information content (AvgIpc) is 2.31. The predicted molar refractivity (Wildman–Crippen MR) is 61.8 cm³/mol. The molecular formula is C13H11N2O. The molecule has 1 aromatic heterocycles. The molecule has 1 amide bonds. The fourth-order valence-corrected chi connectivity index (χ4v) is 1.36. The van der Waals surface area contributed by atoms with Crippen molar-refractivity contribution in [1.29, 1.82) is 0 Å². The van der Waals surface area contributed by atoms with Crippen LogP contribution in [0.25, 0.3) is 0 Å². The third-order valence-corrected chi connectivity index (χ3v) is 2.09. The molecule has 79 valence electrons. The monoisotopic (exact) mass is 211 g/mol. The van der Waals surface area contributed by atoms with E-state index in [-0.39, 0.29) is 5.91 Å². The largest absolute Gasteiger partial charge is 0.326 e. The van der Waals surface area contributed by atoms with Gasteiger partial charge in [-0.3, -0.25) is 9.78 Å². The molecule has 0 saturated carbocycles. The van der Waals surface area contributed by atoms with Crippen molar-refractivity contribution < 1.29 is 4.79 Å². The van der Waals surface area contributed by atoms with Crippen molar-refractivity contribution in [2.75, 3.05) is 5.32 Å². The molecule has 1 N–H and O–H groups in total. The molecular weight excluding hydrogens is 200 g/mol. The van der Waals surface area contributed by atoms with Crippen LogP contribution in [0.1, 0.15) is 5.56 Å². The molecule has 2 rings (SSSR count). The minimum atomic E-state index is -0.0424. The Hall–Kier alpha value is -2.16. The summed E-state index contributed by atoms with van der Waals surface area (Å²) in [6, 6.07) is 13.7. The van der Waals surface area contributed by atoms with E-state index in [1.165, 1.54) is 0 Å². The number of anilines is 1. The molecule has 0 spiro atoms. The van der Waals surface area contributed by atoms with E-state index in [9.17, 15) is 4.79 Å². The van der Waals surface area contributed by atoms with Crippen LogP contribution in [0.5, 0.6) is 0 Å². The lowest BCUT2D eigenvalue weighted by Gasteiger charge is -2.04. The highest BCUT2D eigenvalue weighted by Crippen LogP contribution is 2.06. The summed E-state index contributed by atoms with van der Waals surface area (Å²) in [4.78, 5) is 15.6. The molecule has 0 aliphatic carbocycles. The molecule has 0 aliphatic heterocycles. The zero-order chi connectivity index (χ0) is 11.2. The second-order valence-corrected chi connectivity index (χ2v) is 3.37. The molecule has 16 heavy (non-hydrogen) atoms. The molecule has 3 nitrogen and oxygen atoms in total. The third-order valence-electron chi connectivity index (χ3n) is 2.09. The number of hydrogen-bond donors (Lipinski definition) is 1. The number of pyridine rings is 1. The number of nitrogens with zero attached hydrogens (tertiary/aromatic N) is 1. The van der Waals surface area contributed by atoms with E-state index in [2.05, 4.69) is 16.4 Å². The molecule has 0 atom stereocenters. The van der Waals surface area contributed by atoms with Gasteiger partial charge >= 0.3 is 0 Å². The Bertz CT molecular complexity index is 410. The molecule has 0 aliphatic rings. The van der Waals surface area contributed by atoms with Crippen molar-refractivity contribution in [3.05, 3.63) is 60.4 Å². The van der Waals surface area contributed by atoms with E-state index in [4.69, 9.17) is 0 Å². The number of carbonyl (C=O) groups is 1. The van der Waals surface area contributed by atoms with Crippen LogP contribution in [0.3, 0.4) is 0 Å². The first-order valence-electron chi connectivity index (χ1n) is 4.99. The summed E-state index contributed by atoms with van der Waals surface area (Å²) in [5, 5.41) is 2.80. The summed E-state index contributed by atoms with van der Waals surface area (Å²) < 4.78 is 0. The molecule has 2 aromatic rings. The first kappa shape index (κ1) is 10.4. The topological polar surface area (TPSA) is 42.0 Å². The maximum absolute atomic E-state index is 11.6. The molecule has 0 saturated heterocycles. The minimum Gasteiger partial charge on any atom is -0.326 e. The second kappa shape index (κ2) is 5.07. The lowest BCUT2D eigenvalue weighted by molar-refractivity contribution is -0.115. The van der Waals surface area contributed by atoms with Crippen molar-refractivity contribution in [3.63, 3.8) is 0 Å². The van der Waals surface area contributed by atoms with Gasteiger partial charge in [0.15, 0.2) is 0 Å². The van der Waals surface area contributed by atoms with E-state index in [1.54, 1.807) is 36.7 Å². The summed E-state index contributed by atoms with van der Waals surface area (Å²) in [5.74, 6) is -0.0424. The smallest absolute Gasteiger partial charge is 0.228 e. The standard InChI is InChI=1S/C13H11N2O/c16-13(9-11-5-4-8-14-10-11)15-12-6-2-1-3-7-12/h2-8,10H,9H2,(H,15,16). The molecule has 1 radical (unpaired) electrons. The van der Waals surface area contributed by atoms with Gasteiger partial charge in [-0.25, -0.2) is 0 Å². The van der Waals surface area contributed by atoms with Gasteiger partial charge in [-0.15, -0.1) is 0 Å². The van der Waals surface area contributed by atoms with E-state index < -0.39 is 0 Å². The van der Waals surface area contributed by atoms with Gasteiger partial charge in [0.2, 0.25) is 5.91 Å². The predicted octanol–water partition coefficient (Wildman–Crippen LogP) is 2.06. The molecule has 0 bridgehead atoms. The van der Waals surface area contributed by atoms with Crippen molar-refractivity contribution in [2.24, 2.45) is 0 Å². The van der Waals surface area contributed by atoms with Crippen LogP contribution in [0.15, 0.2) is 48.8 Å². The van der Waals surface area contributed by atoms with Gasteiger partial charge in [-0.1, -0.05) is 18.2 Å². The minimum absolute atomic E-state index is 0.0424. The summed E-state index contributed by atoms with van der Waals surface area (Å²) in [6.07, 6.45) is 3.72. The Kier molecular flexibility index (Phi) is 3.28. The lowest BCUT2D eigenvalue weighted by Crippen LogP contribution is -2.14. The van der Waals surface area contributed by atoms with Crippen LogP contribution in [0, 0.1) is 6.07 Å². The van der Waals surface area contributed by atoms with Gasteiger partial charge in [-0.05, 0) is 29.8 Å². The van der Waals surface area contributed by atoms with Crippen LogP contribution in [0.4, 0.5) is 5.69 Å². The first-order chi connectivity index (χ1) is 7.84. The highest BCUT2D eigenvalue weighted by atomic mass is 16.1. The number of benzene rings is 1. The number of hydrogen-bond acceptors (Lipinski definition) is 2. The Morgan fingerprint density at radius 1 is 1.31 bits per heavy atom. The van der Waals surface area contributed by atoms with Gasteiger partial charge in [-0.2, -0.15) is 0 Å². The lowest BCUT2D eigenvalue weighted by atomic mass is 10.2. The summed E-state index contributed by atoms with van der Waals surface area (Å²) >= 11 is 0. The third kappa shape index (κ3) is 2.92. The highest BCUT2D eigenvalue weighted by Gasteiger charge is 2.03. The first-order valence-corrected chi connectivity index (χ1v) is 4.99. The normalized spacial score (nSPS) is 9.75. The van der Waals surface area contributed by atoms with E-state index in [0.717, 1.165) is 11.3 Å². The molecule has 3 heteroatoms. The van der Waals surface area contributed by atoms with Crippen molar-refractivity contribution in [2.45, 2.75) is 6.42 Å². The van der Waals surface area contributed by atoms with Crippen LogP contribution >= 0.6 is 0 Å². The fraction of sp³-hybridized carbons (Fsp3) is 0.0769. The van der Waals surface area contributed by atoms with Crippen LogP contribution in [0.2, 0.25) is 0 Å². The van der Waals surface area contributed by atoms with Crippen molar-refractivity contribution >= 4 is 11.6 Å². The van der Waals surface area contributed by atoms with Gasteiger partial charge in [0.25, 0.3) is 0 Å².